The van der Waals surface area contributed by atoms with E-state index in [0.717, 1.165) is 26.1 Å². The van der Waals surface area contributed by atoms with Crippen molar-refractivity contribution in [3.63, 3.8) is 0 Å². The SMILES string of the molecule is CCCCCCCCCCCCCCCOCCOCCOCCOCCOCCOCCOCCOCCOCCOCCOCCCCC. The lowest BCUT2D eigenvalue weighted by atomic mass is 10.0. The van der Waals surface area contributed by atoms with E-state index in [1.165, 1.54) is 89.9 Å². The second-order valence-electron chi connectivity index (χ2n) is 12.7. The average Bonchev–Trinajstić information content (AvgIpc) is 3.14. The van der Waals surface area contributed by atoms with Crippen LogP contribution in [0.15, 0.2) is 0 Å². The third-order valence-electron chi connectivity index (χ3n) is 8.00. The van der Waals surface area contributed by atoms with Crippen molar-refractivity contribution in [2.24, 2.45) is 0 Å². The molecule has 0 saturated carbocycles. The summed E-state index contributed by atoms with van der Waals surface area (Å²) in [6.07, 6.45) is 21.4. The number of ether oxygens (including phenoxy) is 11. The molecule has 11 heteroatoms. The fourth-order valence-electron chi connectivity index (χ4n) is 4.98. The molecule has 0 atom stereocenters. The van der Waals surface area contributed by atoms with Crippen molar-refractivity contribution in [2.45, 2.75) is 117 Å². The minimum Gasteiger partial charge on any atom is -0.379 e. The van der Waals surface area contributed by atoms with Crippen LogP contribution in [0.25, 0.3) is 0 Å². The minimum absolute atomic E-state index is 0.528. The van der Waals surface area contributed by atoms with E-state index in [1.807, 2.05) is 0 Å². The van der Waals surface area contributed by atoms with E-state index in [4.69, 9.17) is 52.1 Å². The predicted molar refractivity (Wildman–Crippen MR) is 204 cm³/mol. The van der Waals surface area contributed by atoms with Crippen molar-refractivity contribution in [3.05, 3.63) is 0 Å². The van der Waals surface area contributed by atoms with E-state index in [2.05, 4.69) is 13.8 Å². The Bertz CT molecular complexity index is 541. The Morgan fingerprint density at radius 1 is 0.157 bits per heavy atom. The zero-order valence-electron chi connectivity index (χ0n) is 33.4. The molecule has 0 aromatic rings. The normalized spacial score (nSPS) is 11.6. The quantitative estimate of drug-likeness (QED) is 0.0582. The van der Waals surface area contributed by atoms with E-state index in [-0.39, 0.29) is 0 Å². The standard InChI is InChI=1S/C40H82O11/c1-3-5-7-8-9-10-11-12-13-14-15-16-18-20-42-22-24-44-26-28-46-30-32-48-34-36-50-38-40-51-39-37-49-35-33-47-31-29-45-27-25-43-23-21-41-19-17-6-4-2/h3-40H2,1-2H3. The van der Waals surface area contributed by atoms with Crippen LogP contribution in [-0.4, -0.2) is 145 Å². The number of hydrogen-bond donors (Lipinski definition) is 0. The van der Waals surface area contributed by atoms with Gasteiger partial charge in [-0.2, -0.15) is 0 Å². The lowest BCUT2D eigenvalue weighted by Gasteiger charge is -2.09. The first kappa shape index (κ1) is 50.6. The summed E-state index contributed by atoms with van der Waals surface area (Å²) in [7, 11) is 0. The van der Waals surface area contributed by atoms with Crippen LogP contribution in [0.1, 0.15) is 117 Å². The van der Waals surface area contributed by atoms with Gasteiger partial charge in [-0.1, -0.05) is 104 Å². The van der Waals surface area contributed by atoms with Crippen LogP contribution < -0.4 is 0 Å². The van der Waals surface area contributed by atoms with Crippen LogP contribution in [0.3, 0.4) is 0 Å². The Kier molecular flexibility index (Phi) is 49.1. The van der Waals surface area contributed by atoms with E-state index in [0.29, 0.717) is 132 Å². The number of unbranched alkanes of at least 4 members (excludes halogenated alkanes) is 14. The van der Waals surface area contributed by atoms with E-state index in [1.54, 1.807) is 0 Å². The zero-order chi connectivity index (χ0) is 36.6. The summed E-state index contributed by atoms with van der Waals surface area (Å²) >= 11 is 0. The second-order valence-corrected chi connectivity index (χ2v) is 12.7. The highest BCUT2D eigenvalue weighted by Crippen LogP contribution is 2.12. The van der Waals surface area contributed by atoms with Gasteiger partial charge >= 0.3 is 0 Å². The van der Waals surface area contributed by atoms with Gasteiger partial charge in [-0.15, -0.1) is 0 Å². The largest absolute Gasteiger partial charge is 0.379 e. The molecule has 0 bridgehead atoms. The summed E-state index contributed by atoms with van der Waals surface area (Å²) in [5, 5.41) is 0. The lowest BCUT2D eigenvalue weighted by molar-refractivity contribution is -0.0275. The predicted octanol–water partition coefficient (Wildman–Crippen LogP) is 7.45. The zero-order valence-corrected chi connectivity index (χ0v) is 33.4. The highest BCUT2D eigenvalue weighted by Gasteiger charge is 1.98. The molecule has 51 heavy (non-hydrogen) atoms. The Balaban J connectivity index is 3.04. The van der Waals surface area contributed by atoms with Crippen molar-refractivity contribution in [1.29, 1.82) is 0 Å². The fraction of sp³-hybridized carbons (Fsp3) is 1.00. The van der Waals surface area contributed by atoms with Gasteiger partial charge in [-0.3, -0.25) is 0 Å². The van der Waals surface area contributed by atoms with Crippen molar-refractivity contribution >= 4 is 0 Å². The van der Waals surface area contributed by atoms with E-state index < -0.39 is 0 Å². The van der Waals surface area contributed by atoms with Gasteiger partial charge in [0.15, 0.2) is 0 Å². The molecule has 0 radical (unpaired) electrons. The monoisotopic (exact) mass is 739 g/mol. The average molecular weight is 739 g/mol. The molecule has 0 spiro atoms. The molecule has 0 heterocycles. The Morgan fingerprint density at radius 2 is 0.294 bits per heavy atom. The summed E-state index contributed by atoms with van der Waals surface area (Å²) in [6.45, 7) is 17.3. The Labute approximate surface area is 313 Å². The number of hydrogen-bond acceptors (Lipinski definition) is 11. The molecule has 0 aliphatic heterocycles. The third kappa shape index (κ3) is 49.6. The van der Waals surface area contributed by atoms with Gasteiger partial charge in [0.1, 0.15) is 0 Å². The number of rotatable bonds is 48. The molecule has 0 aliphatic carbocycles. The van der Waals surface area contributed by atoms with Gasteiger partial charge in [0.05, 0.1) is 132 Å². The first-order valence-electron chi connectivity index (χ1n) is 20.8. The maximum atomic E-state index is 5.68. The Morgan fingerprint density at radius 3 is 0.510 bits per heavy atom. The van der Waals surface area contributed by atoms with Gasteiger partial charge in [0, 0.05) is 13.2 Å². The van der Waals surface area contributed by atoms with Gasteiger partial charge in [0.25, 0.3) is 0 Å². The highest BCUT2D eigenvalue weighted by atomic mass is 16.6. The molecule has 0 saturated heterocycles. The lowest BCUT2D eigenvalue weighted by Crippen LogP contribution is -2.15. The van der Waals surface area contributed by atoms with Gasteiger partial charge < -0.3 is 52.1 Å². The summed E-state index contributed by atoms with van der Waals surface area (Å²) in [4.78, 5) is 0. The van der Waals surface area contributed by atoms with Crippen LogP contribution in [0.4, 0.5) is 0 Å². The highest BCUT2D eigenvalue weighted by molar-refractivity contribution is 4.49. The molecule has 0 amide bonds. The molecule has 0 fully saturated rings. The minimum atomic E-state index is 0.528. The summed E-state index contributed by atoms with van der Waals surface area (Å²) in [6, 6.07) is 0. The van der Waals surface area contributed by atoms with Gasteiger partial charge in [-0.25, -0.2) is 0 Å². The maximum absolute atomic E-state index is 5.68. The summed E-state index contributed by atoms with van der Waals surface area (Å²) in [5.74, 6) is 0. The molecule has 0 aromatic carbocycles. The van der Waals surface area contributed by atoms with Crippen LogP contribution in [0.5, 0.6) is 0 Å². The first-order chi connectivity index (χ1) is 25.4. The molecule has 0 aliphatic rings. The van der Waals surface area contributed by atoms with Gasteiger partial charge in [-0.05, 0) is 12.8 Å². The van der Waals surface area contributed by atoms with Crippen molar-refractivity contribution < 1.29 is 52.1 Å². The van der Waals surface area contributed by atoms with Crippen LogP contribution in [0.2, 0.25) is 0 Å². The molecular weight excluding hydrogens is 656 g/mol. The maximum Gasteiger partial charge on any atom is 0.0701 e. The van der Waals surface area contributed by atoms with E-state index >= 15 is 0 Å². The topological polar surface area (TPSA) is 102 Å². The first-order valence-corrected chi connectivity index (χ1v) is 20.8. The Hall–Kier alpha value is -0.440. The van der Waals surface area contributed by atoms with Crippen LogP contribution in [-0.2, 0) is 52.1 Å². The molecule has 0 N–H and O–H groups in total. The van der Waals surface area contributed by atoms with Crippen molar-refractivity contribution in [2.75, 3.05) is 145 Å². The summed E-state index contributed by atoms with van der Waals surface area (Å²) < 4.78 is 60.8. The van der Waals surface area contributed by atoms with E-state index in [9.17, 15) is 0 Å². The fourth-order valence-corrected chi connectivity index (χ4v) is 4.98. The van der Waals surface area contributed by atoms with Crippen molar-refractivity contribution in [1.82, 2.24) is 0 Å². The molecule has 308 valence electrons. The molecular formula is C40H82O11. The molecule has 0 unspecified atom stereocenters. The van der Waals surface area contributed by atoms with Gasteiger partial charge in [0.2, 0.25) is 0 Å². The van der Waals surface area contributed by atoms with Crippen LogP contribution >= 0.6 is 0 Å². The molecule has 0 aromatic heterocycles. The second kappa shape index (κ2) is 49.6. The van der Waals surface area contributed by atoms with Crippen molar-refractivity contribution in [3.8, 4) is 0 Å². The third-order valence-corrected chi connectivity index (χ3v) is 8.00. The molecule has 11 nitrogen and oxygen atoms in total. The summed E-state index contributed by atoms with van der Waals surface area (Å²) in [5.41, 5.74) is 0. The van der Waals surface area contributed by atoms with Crippen LogP contribution in [0, 0.1) is 0 Å². The smallest absolute Gasteiger partial charge is 0.0701 e. The molecule has 0 rings (SSSR count).